The zero-order valence-corrected chi connectivity index (χ0v) is 16.7. The fourth-order valence-electron chi connectivity index (χ4n) is 3.32. The molecule has 0 radical (unpaired) electrons. The molecule has 142 valence electrons. The van der Waals surface area contributed by atoms with E-state index < -0.39 is 26.3 Å². The molecule has 1 heterocycles. The van der Waals surface area contributed by atoms with Gasteiger partial charge in [0.25, 0.3) is 10.2 Å². The van der Waals surface area contributed by atoms with E-state index in [1.54, 1.807) is 30.4 Å². The number of hydrogen-bond donors (Lipinski definition) is 1. The van der Waals surface area contributed by atoms with Gasteiger partial charge in [0.05, 0.1) is 4.90 Å². The highest BCUT2D eigenvalue weighted by atomic mass is 32.2. The summed E-state index contributed by atoms with van der Waals surface area (Å²) in [4.78, 5) is 0.00707. The smallest absolute Gasteiger partial charge is 0.225 e. The lowest BCUT2D eigenvalue weighted by molar-refractivity contribution is 0.207. The van der Waals surface area contributed by atoms with Crippen LogP contribution in [0.3, 0.4) is 0 Å². The lowest BCUT2D eigenvalue weighted by Gasteiger charge is -2.37. The fourth-order valence-corrected chi connectivity index (χ4v) is 5.61. The predicted molar refractivity (Wildman–Crippen MR) is 97.4 cm³/mol. The molecule has 2 N–H and O–H groups in total. The summed E-state index contributed by atoms with van der Waals surface area (Å²) < 4.78 is 51.5. The largest absolute Gasteiger partial charge is 0.282 e. The van der Waals surface area contributed by atoms with Crippen LogP contribution >= 0.6 is 0 Å². The lowest BCUT2D eigenvalue weighted by atomic mass is 9.94. The van der Waals surface area contributed by atoms with E-state index in [-0.39, 0.29) is 4.90 Å². The van der Waals surface area contributed by atoms with Crippen LogP contribution in [0.25, 0.3) is 0 Å². The van der Waals surface area contributed by atoms with E-state index >= 15 is 0 Å². The summed E-state index contributed by atoms with van der Waals surface area (Å²) in [6.45, 7) is 6.95. The van der Waals surface area contributed by atoms with Crippen LogP contribution in [0.15, 0.2) is 29.2 Å². The molecule has 0 saturated carbocycles. The Balaban J connectivity index is 2.22. The number of nitrogens with zero attached hydrogens (tertiary/aromatic N) is 2. The average molecular weight is 390 g/mol. The quantitative estimate of drug-likeness (QED) is 0.825. The summed E-state index contributed by atoms with van der Waals surface area (Å²) in [5.41, 5.74) is 0.705. The molecule has 1 saturated heterocycles. The molecule has 3 atom stereocenters. The molecular formula is C16H27N3O4S2. The van der Waals surface area contributed by atoms with Crippen LogP contribution in [-0.2, 0) is 20.2 Å². The summed E-state index contributed by atoms with van der Waals surface area (Å²) in [5.74, 6) is 0.660. The van der Waals surface area contributed by atoms with Crippen LogP contribution in [0.2, 0.25) is 0 Å². The number of benzene rings is 1. The summed E-state index contributed by atoms with van der Waals surface area (Å²) in [6, 6.07) is 5.56. The van der Waals surface area contributed by atoms with E-state index in [4.69, 9.17) is 5.14 Å². The number of sulfonamides is 1. The number of piperidine rings is 1. The fraction of sp³-hybridized carbons (Fsp3) is 0.625. The van der Waals surface area contributed by atoms with Gasteiger partial charge in [0.2, 0.25) is 10.0 Å². The number of primary sulfonamides is 1. The SMILES string of the molecule is C[C@@H]1C[C@H](C)CN(S(=O)(=O)N(C)[C@@H](C)c2ccc(S(N)(=O)=O)cc2)C1. The molecule has 1 aromatic carbocycles. The normalized spacial score (nSPS) is 24.4. The maximum atomic E-state index is 13.0. The Hall–Kier alpha value is -1.00. The van der Waals surface area contributed by atoms with Crippen LogP contribution in [0.4, 0.5) is 0 Å². The first-order valence-electron chi connectivity index (χ1n) is 8.28. The number of hydrogen-bond acceptors (Lipinski definition) is 4. The molecule has 1 aliphatic rings. The first-order valence-corrected chi connectivity index (χ1v) is 11.2. The van der Waals surface area contributed by atoms with Gasteiger partial charge in [-0.1, -0.05) is 26.0 Å². The lowest BCUT2D eigenvalue weighted by Crippen LogP contribution is -2.48. The molecular weight excluding hydrogens is 362 g/mol. The van der Waals surface area contributed by atoms with E-state index in [1.165, 1.54) is 16.4 Å². The molecule has 0 aliphatic carbocycles. The molecule has 2 rings (SSSR count). The molecule has 0 bridgehead atoms. The highest BCUT2D eigenvalue weighted by Crippen LogP contribution is 2.28. The second-order valence-corrected chi connectivity index (χ2v) is 10.6. The maximum absolute atomic E-state index is 13.0. The molecule has 0 spiro atoms. The highest BCUT2D eigenvalue weighted by Gasteiger charge is 2.35. The monoisotopic (exact) mass is 389 g/mol. The predicted octanol–water partition coefficient (Wildman–Crippen LogP) is 1.55. The van der Waals surface area contributed by atoms with Gasteiger partial charge in [-0.2, -0.15) is 17.0 Å². The molecule has 1 fully saturated rings. The molecule has 1 aromatic rings. The van der Waals surface area contributed by atoms with Gasteiger partial charge in [-0.15, -0.1) is 0 Å². The maximum Gasteiger partial charge on any atom is 0.282 e. The van der Waals surface area contributed by atoms with Crippen molar-refractivity contribution < 1.29 is 16.8 Å². The molecule has 0 unspecified atom stereocenters. The van der Waals surface area contributed by atoms with Crippen molar-refractivity contribution >= 4 is 20.2 Å². The Kier molecular flexibility index (Phi) is 5.95. The van der Waals surface area contributed by atoms with Gasteiger partial charge in [-0.05, 0) is 42.9 Å². The standard InChI is InChI=1S/C16H27N3O4S2/c1-12-9-13(2)11-19(10-12)25(22,23)18(4)14(3)15-5-7-16(8-6-15)24(17,20)21/h5-8,12-14H,9-11H2,1-4H3,(H2,17,20,21)/t12-,13+,14-/m0/s1. The summed E-state index contributed by atoms with van der Waals surface area (Å²) in [5, 5.41) is 5.09. The number of rotatable bonds is 5. The van der Waals surface area contributed by atoms with E-state index in [9.17, 15) is 16.8 Å². The van der Waals surface area contributed by atoms with Crippen LogP contribution in [0.1, 0.15) is 38.8 Å². The minimum Gasteiger partial charge on any atom is -0.225 e. The van der Waals surface area contributed by atoms with E-state index in [0.717, 1.165) is 6.42 Å². The molecule has 7 nitrogen and oxygen atoms in total. The third kappa shape index (κ3) is 4.59. The summed E-state index contributed by atoms with van der Waals surface area (Å²) >= 11 is 0. The second kappa shape index (κ2) is 7.32. The molecule has 9 heteroatoms. The van der Waals surface area contributed by atoms with Crippen molar-refractivity contribution in [3.05, 3.63) is 29.8 Å². The van der Waals surface area contributed by atoms with Crippen LogP contribution in [0.5, 0.6) is 0 Å². The summed E-state index contributed by atoms with van der Waals surface area (Å²) in [7, 11) is -5.80. The van der Waals surface area contributed by atoms with Crippen LogP contribution < -0.4 is 5.14 Å². The van der Waals surface area contributed by atoms with Crippen LogP contribution in [-0.4, -0.2) is 45.6 Å². The Bertz CT molecular complexity index is 796. The zero-order valence-electron chi connectivity index (χ0n) is 15.1. The first-order chi connectivity index (χ1) is 11.4. The van der Waals surface area contributed by atoms with E-state index in [2.05, 4.69) is 13.8 Å². The van der Waals surface area contributed by atoms with Crippen molar-refractivity contribution in [1.82, 2.24) is 8.61 Å². The Morgan fingerprint density at radius 3 is 2.00 bits per heavy atom. The third-order valence-electron chi connectivity index (χ3n) is 4.76. The number of nitrogens with two attached hydrogens (primary N) is 1. The van der Waals surface area contributed by atoms with Gasteiger partial charge in [0, 0.05) is 26.2 Å². The van der Waals surface area contributed by atoms with Crippen molar-refractivity contribution in [1.29, 1.82) is 0 Å². The highest BCUT2D eigenvalue weighted by molar-refractivity contribution is 7.89. The van der Waals surface area contributed by atoms with Gasteiger partial charge in [0.15, 0.2) is 0 Å². The van der Waals surface area contributed by atoms with E-state index in [1.807, 2.05) is 0 Å². The first kappa shape index (κ1) is 20.3. The van der Waals surface area contributed by atoms with Crippen LogP contribution in [0, 0.1) is 11.8 Å². The molecule has 0 aromatic heterocycles. The van der Waals surface area contributed by atoms with Crippen molar-refractivity contribution in [3.63, 3.8) is 0 Å². The Morgan fingerprint density at radius 2 is 1.56 bits per heavy atom. The Morgan fingerprint density at radius 1 is 1.08 bits per heavy atom. The minimum atomic E-state index is -3.76. The summed E-state index contributed by atoms with van der Waals surface area (Å²) in [6.07, 6.45) is 1.03. The average Bonchev–Trinajstić information content (AvgIpc) is 2.51. The van der Waals surface area contributed by atoms with Gasteiger partial charge in [0.1, 0.15) is 0 Å². The molecule has 0 amide bonds. The zero-order chi connectivity index (χ0) is 19.0. The van der Waals surface area contributed by atoms with Gasteiger partial charge < -0.3 is 0 Å². The van der Waals surface area contributed by atoms with Crippen molar-refractivity contribution in [2.75, 3.05) is 20.1 Å². The molecule has 25 heavy (non-hydrogen) atoms. The third-order valence-corrected chi connectivity index (χ3v) is 7.69. The van der Waals surface area contributed by atoms with Crippen molar-refractivity contribution in [2.24, 2.45) is 17.0 Å². The van der Waals surface area contributed by atoms with Gasteiger partial charge in [-0.25, -0.2) is 13.6 Å². The topological polar surface area (TPSA) is 101 Å². The second-order valence-electron chi connectivity index (χ2n) is 7.08. The van der Waals surface area contributed by atoms with Crippen molar-refractivity contribution in [2.45, 2.75) is 38.1 Å². The Labute approximate surface area is 151 Å². The van der Waals surface area contributed by atoms with Gasteiger partial charge >= 0.3 is 0 Å². The molecule has 1 aliphatic heterocycles. The van der Waals surface area contributed by atoms with Crippen molar-refractivity contribution in [3.8, 4) is 0 Å². The minimum absolute atomic E-state index is 0.00707. The van der Waals surface area contributed by atoms with Gasteiger partial charge in [-0.3, -0.25) is 0 Å². The van der Waals surface area contributed by atoms with E-state index in [0.29, 0.717) is 30.5 Å².